The molecule has 1 N–H and O–H groups in total. The molecule has 2 aromatic rings. The fourth-order valence-electron chi connectivity index (χ4n) is 2.39. The average Bonchev–Trinajstić information content (AvgIpc) is 2.77. The first-order chi connectivity index (χ1) is 10.1. The zero-order chi connectivity index (χ0) is 15.2. The zero-order valence-electron chi connectivity index (χ0n) is 12.8. The maximum Gasteiger partial charge on any atom is 0.119 e. The summed E-state index contributed by atoms with van der Waals surface area (Å²) in [4.78, 5) is 0. The van der Waals surface area contributed by atoms with Crippen molar-refractivity contribution in [1.29, 1.82) is 0 Å². The number of halogens is 1. The van der Waals surface area contributed by atoms with Crippen molar-refractivity contribution < 1.29 is 4.74 Å². The molecule has 1 aromatic heterocycles. The molecule has 1 aromatic carbocycles. The van der Waals surface area contributed by atoms with Gasteiger partial charge < -0.3 is 10.1 Å². The Labute approximate surface area is 134 Å². The largest absolute Gasteiger partial charge is 0.494 e. The van der Waals surface area contributed by atoms with Crippen molar-refractivity contribution in [2.75, 3.05) is 13.2 Å². The van der Waals surface area contributed by atoms with Crippen molar-refractivity contribution in [2.45, 2.75) is 26.3 Å². The number of nitrogens with one attached hydrogen (secondary N) is 1. The van der Waals surface area contributed by atoms with Gasteiger partial charge in [-0.3, -0.25) is 4.68 Å². The minimum absolute atomic E-state index is 0.224. The molecule has 0 aliphatic carbocycles. The molecule has 5 heteroatoms. The highest BCUT2D eigenvalue weighted by Gasteiger charge is 2.18. The second-order valence-corrected chi connectivity index (χ2v) is 5.92. The van der Waals surface area contributed by atoms with E-state index in [-0.39, 0.29) is 6.04 Å². The van der Waals surface area contributed by atoms with E-state index in [9.17, 15) is 0 Å². The monoisotopic (exact) mass is 351 g/mol. The van der Waals surface area contributed by atoms with Crippen LogP contribution < -0.4 is 10.1 Å². The van der Waals surface area contributed by atoms with Gasteiger partial charge in [0, 0.05) is 13.5 Å². The Balaban J connectivity index is 1.98. The van der Waals surface area contributed by atoms with Crippen molar-refractivity contribution in [3.63, 3.8) is 0 Å². The van der Waals surface area contributed by atoms with Gasteiger partial charge >= 0.3 is 0 Å². The Hall–Kier alpha value is -1.33. The summed E-state index contributed by atoms with van der Waals surface area (Å²) >= 11 is 3.57. The van der Waals surface area contributed by atoms with Gasteiger partial charge in [0.15, 0.2) is 0 Å². The number of hydrogen-bond acceptors (Lipinski definition) is 3. The molecule has 1 unspecified atom stereocenters. The van der Waals surface area contributed by atoms with E-state index < -0.39 is 0 Å². The zero-order valence-corrected chi connectivity index (χ0v) is 14.4. The predicted molar refractivity (Wildman–Crippen MR) is 88.6 cm³/mol. The lowest BCUT2D eigenvalue weighted by atomic mass is 10.1. The van der Waals surface area contributed by atoms with Gasteiger partial charge in [-0.1, -0.05) is 19.1 Å². The molecular weight excluding hydrogens is 330 g/mol. The number of benzene rings is 1. The lowest BCUT2D eigenvalue weighted by Gasteiger charge is -2.19. The Morgan fingerprint density at radius 3 is 2.86 bits per heavy atom. The highest BCUT2D eigenvalue weighted by Crippen LogP contribution is 2.25. The third-order valence-corrected chi connectivity index (χ3v) is 3.99. The molecular formula is C16H22BrN3O. The molecule has 2 rings (SSSR count). The van der Waals surface area contributed by atoms with Gasteiger partial charge in [0.05, 0.1) is 29.0 Å². The van der Waals surface area contributed by atoms with Crippen LogP contribution in [0.5, 0.6) is 5.75 Å². The lowest BCUT2D eigenvalue weighted by Crippen LogP contribution is -2.25. The molecule has 0 aliphatic rings. The molecule has 0 spiro atoms. The highest BCUT2D eigenvalue weighted by molar-refractivity contribution is 9.10. The fourth-order valence-corrected chi connectivity index (χ4v) is 3.02. The molecule has 21 heavy (non-hydrogen) atoms. The summed E-state index contributed by atoms with van der Waals surface area (Å²) in [5, 5.41) is 7.78. The van der Waals surface area contributed by atoms with Gasteiger partial charge in [-0.15, -0.1) is 0 Å². The molecule has 0 saturated heterocycles. The van der Waals surface area contributed by atoms with Crippen molar-refractivity contribution in [3.8, 4) is 5.75 Å². The quantitative estimate of drug-likeness (QED) is 0.827. The van der Waals surface area contributed by atoms with Crippen LogP contribution in [0.3, 0.4) is 0 Å². The summed E-state index contributed by atoms with van der Waals surface area (Å²) in [6.07, 6.45) is 2.72. The molecule has 4 nitrogen and oxygen atoms in total. The third kappa shape index (κ3) is 4.32. The molecule has 0 fully saturated rings. The Morgan fingerprint density at radius 2 is 2.24 bits per heavy atom. The third-order valence-electron chi connectivity index (χ3n) is 3.38. The SMILES string of the molecule is CCNC(CCOc1cccc(C)c1)c1c(Br)cnn1C. The summed E-state index contributed by atoms with van der Waals surface area (Å²) in [7, 11) is 1.96. The number of aromatic nitrogens is 2. The van der Waals surface area contributed by atoms with E-state index in [0.29, 0.717) is 6.61 Å². The van der Waals surface area contributed by atoms with Crippen LogP contribution in [0, 0.1) is 6.92 Å². The predicted octanol–water partition coefficient (Wildman–Crippen LogP) is 3.61. The van der Waals surface area contributed by atoms with Crippen LogP contribution in [0.15, 0.2) is 34.9 Å². The maximum absolute atomic E-state index is 5.86. The summed E-state index contributed by atoms with van der Waals surface area (Å²) in [5.74, 6) is 0.925. The first-order valence-corrected chi connectivity index (χ1v) is 8.01. The molecule has 0 radical (unpaired) electrons. The molecule has 1 heterocycles. The molecule has 0 aliphatic heterocycles. The van der Waals surface area contributed by atoms with Gasteiger partial charge in [0.1, 0.15) is 5.75 Å². The van der Waals surface area contributed by atoms with E-state index >= 15 is 0 Å². The Bertz CT molecular complexity index is 563. The molecule has 0 bridgehead atoms. The number of aryl methyl sites for hydroxylation is 2. The first kappa shape index (κ1) is 16.0. The van der Waals surface area contributed by atoms with E-state index in [2.05, 4.69) is 52.3 Å². The number of ether oxygens (including phenoxy) is 1. The highest BCUT2D eigenvalue weighted by atomic mass is 79.9. The van der Waals surface area contributed by atoms with Gasteiger partial charge in [-0.2, -0.15) is 5.10 Å². The van der Waals surface area contributed by atoms with Crippen LogP contribution in [-0.2, 0) is 7.05 Å². The minimum Gasteiger partial charge on any atom is -0.494 e. The summed E-state index contributed by atoms with van der Waals surface area (Å²) < 4.78 is 8.80. The van der Waals surface area contributed by atoms with E-state index in [1.165, 1.54) is 5.56 Å². The fraction of sp³-hybridized carbons (Fsp3) is 0.438. The standard InChI is InChI=1S/C16H22BrN3O/c1-4-18-15(16-14(17)11-19-20(16)3)8-9-21-13-7-5-6-12(2)10-13/h5-7,10-11,15,18H,4,8-9H2,1-3H3. The van der Waals surface area contributed by atoms with Crippen molar-refractivity contribution >= 4 is 15.9 Å². The van der Waals surface area contributed by atoms with Crippen LogP contribution in [0.1, 0.15) is 30.6 Å². The lowest BCUT2D eigenvalue weighted by molar-refractivity contribution is 0.283. The normalized spacial score (nSPS) is 12.4. The minimum atomic E-state index is 0.224. The van der Waals surface area contributed by atoms with E-state index in [1.54, 1.807) is 0 Å². The van der Waals surface area contributed by atoms with Gasteiger partial charge in [-0.05, 0) is 47.1 Å². The molecule has 114 valence electrons. The topological polar surface area (TPSA) is 39.1 Å². The summed E-state index contributed by atoms with van der Waals surface area (Å²) in [6, 6.07) is 8.37. The number of nitrogens with zero attached hydrogens (tertiary/aromatic N) is 2. The average molecular weight is 352 g/mol. The van der Waals surface area contributed by atoms with E-state index in [0.717, 1.165) is 28.9 Å². The van der Waals surface area contributed by atoms with Crippen molar-refractivity contribution in [3.05, 3.63) is 46.2 Å². The summed E-state index contributed by atoms with van der Waals surface area (Å²) in [5.41, 5.74) is 2.37. The van der Waals surface area contributed by atoms with Crippen molar-refractivity contribution in [2.24, 2.45) is 7.05 Å². The second-order valence-electron chi connectivity index (χ2n) is 5.07. The van der Waals surface area contributed by atoms with Crippen LogP contribution in [0.25, 0.3) is 0 Å². The van der Waals surface area contributed by atoms with Crippen LogP contribution in [-0.4, -0.2) is 22.9 Å². The smallest absolute Gasteiger partial charge is 0.119 e. The second kappa shape index (κ2) is 7.61. The van der Waals surface area contributed by atoms with Crippen LogP contribution in [0.2, 0.25) is 0 Å². The van der Waals surface area contributed by atoms with Crippen LogP contribution >= 0.6 is 15.9 Å². The van der Waals surface area contributed by atoms with E-state index in [1.807, 2.05) is 30.1 Å². The number of rotatable bonds is 7. The van der Waals surface area contributed by atoms with Gasteiger partial charge in [-0.25, -0.2) is 0 Å². The Kier molecular flexibility index (Phi) is 5.82. The molecule has 0 saturated carbocycles. The summed E-state index contributed by atoms with van der Waals surface area (Å²) in [6.45, 7) is 5.76. The number of hydrogen-bond donors (Lipinski definition) is 1. The maximum atomic E-state index is 5.86. The molecule has 1 atom stereocenters. The van der Waals surface area contributed by atoms with Gasteiger partial charge in [0.2, 0.25) is 0 Å². The van der Waals surface area contributed by atoms with Crippen LogP contribution in [0.4, 0.5) is 0 Å². The van der Waals surface area contributed by atoms with Crippen molar-refractivity contribution in [1.82, 2.24) is 15.1 Å². The molecule has 0 amide bonds. The van der Waals surface area contributed by atoms with E-state index in [4.69, 9.17) is 4.74 Å². The van der Waals surface area contributed by atoms with Gasteiger partial charge in [0.25, 0.3) is 0 Å². The Morgan fingerprint density at radius 1 is 1.43 bits per heavy atom. The first-order valence-electron chi connectivity index (χ1n) is 7.22.